The van der Waals surface area contributed by atoms with Gasteiger partial charge in [0.2, 0.25) is 29.9 Å². The molecule has 2 aromatic rings. The summed E-state index contributed by atoms with van der Waals surface area (Å²) in [5.74, 6) is -4.05. The molecule has 1 fully saturated rings. The molecule has 0 aromatic heterocycles. The number of nitrogens with zero attached hydrogens (tertiary/aromatic N) is 2. The summed E-state index contributed by atoms with van der Waals surface area (Å²) in [7, 11) is 1.35. The van der Waals surface area contributed by atoms with Gasteiger partial charge in [0.05, 0.1) is 18.7 Å². The van der Waals surface area contributed by atoms with E-state index in [-0.39, 0.29) is 54.0 Å². The first-order valence-electron chi connectivity index (χ1n) is 23.6. The van der Waals surface area contributed by atoms with Gasteiger partial charge in [0.25, 0.3) is 5.91 Å². The van der Waals surface area contributed by atoms with Crippen molar-refractivity contribution in [1.29, 1.82) is 5.26 Å². The molecular formula is C47H72N10O11. The van der Waals surface area contributed by atoms with Gasteiger partial charge in [0, 0.05) is 37.6 Å². The molecule has 2 aromatic carbocycles. The maximum absolute atomic E-state index is 14.6. The maximum atomic E-state index is 14.6. The monoisotopic (exact) mass is 953 g/mol. The van der Waals surface area contributed by atoms with E-state index in [1.165, 1.54) is 75.5 Å². The van der Waals surface area contributed by atoms with Gasteiger partial charge in [-0.15, -0.1) is 0 Å². The van der Waals surface area contributed by atoms with E-state index in [0.29, 0.717) is 31.5 Å². The molecule has 5 amide bonds. The highest BCUT2D eigenvalue weighted by Crippen LogP contribution is 2.40. The summed E-state index contributed by atoms with van der Waals surface area (Å²) >= 11 is 0. The predicted molar refractivity (Wildman–Crippen MR) is 251 cm³/mol. The average molecular weight is 953 g/mol. The summed E-state index contributed by atoms with van der Waals surface area (Å²) in [4.78, 5) is 70.5. The Morgan fingerprint density at radius 3 is 2.35 bits per heavy atom. The number of nitrogens with two attached hydrogens (primary N) is 3. The van der Waals surface area contributed by atoms with Crippen LogP contribution in [0.2, 0.25) is 0 Å². The van der Waals surface area contributed by atoms with E-state index >= 15 is 0 Å². The number of likely N-dealkylation sites (N-methyl/N-ethyl adjacent to an activating group) is 1. The Bertz CT molecular complexity index is 2020. The fraction of sp³-hybridized carbons (Fsp3) is 0.617. The summed E-state index contributed by atoms with van der Waals surface area (Å²) in [6.07, 6.45) is 2.86. The van der Waals surface area contributed by atoms with Crippen LogP contribution in [0.5, 0.6) is 11.5 Å². The van der Waals surface area contributed by atoms with Crippen molar-refractivity contribution >= 4 is 29.5 Å². The zero-order valence-electron chi connectivity index (χ0n) is 39.2. The van der Waals surface area contributed by atoms with Gasteiger partial charge in [0.15, 0.2) is 6.17 Å². The number of fused-ring (bicyclic) bond motifs is 5. The molecule has 21 nitrogen and oxygen atoms in total. The quantitative estimate of drug-likeness (QED) is 0.0467. The lowest BCUT2D eigenvalue weighted by atomic mass is 9.93. The fourth-order valence-corrected chi connectivity index (χ4v) is 8.20. The molecule has 376 valence electrons. The third-order valence-corrected chi connectivity index (χ3v) is 12.1. The molecular weight excluding hydrogens is 881 g/mol. The number of aromatic hydroxyl groups is 1. The first-order valence-corrected chi connectivity index (χ1v) is 23.6. The average Bonchev–Trinajstić information content (AvgIpc) is 3.32. The molecule has 15 N–H and O–H groups in total. The van der Waals surface area contributed by atoms with Crippen molar-refractivity contribution in [2.24, 2.45) is 17.2 Å². The predicted octanol–water partition coefficient (Wildman–Crippen LogP) is -0.480. The second-order valence-corrected chi connectivity index (χ2v) is 17.4. The first-order chi connectivity index (χ1) is 32.6. The van der Waals surface area contributed by atoms with Crippen molar-refractivity contribution in [2.75, 3.05) is 39.8 Å². The number of carbonyl (C=O) groups is 5. The third-order valence-electron chi connectivity index (χ3n) is 12.1. The molecule has 4 rings (SSSR count). The molecule has 0 radical (unpaired) electrons. The minimum absolute atomic E-state index is 0.0292. The molecule has 2 aliphatic rings. The van der Waals surface area contributed by atoms with Crippen LogP contribution in [0.1, 0.15) is 101 Å². The molecule has 2 heterocycles. The van der Waals surface area contributed by atoms with Crippen molar-refractivity contribution in [3.8, 4) is 28.7 Å². The first kappa shape index (κ1) is 55.2. The molecule has 0 saturated carbocycles. The van der Waals surface area contributed by atoms with E-state index in [4.69, 9.17) is 31.9 Å². The topological polar surface area (TPSA) is 350 Å². The molecule has 0 aliphatic carbocycles. The minimum atomic E-state index is -1.76. The normalized spacial score (nSPS) is 23.2. The van der Waals surface area contributed by atoms with E-state index in [2.05, 4.69) is 33.5 Å². The number of phenolic OH excluding ortho intramolecular Hbond substituents is 1. The minimum Gasteiger partial charge on any atom is -0.507 e. The van der Waals surface area contributed by atoms with Crippen molar-refractivity contribution in [3.63, 3.8) is 0 Å². The molecule has 0 spiro atoms. The molecule has 4 bridgehead atoms. The van der Waals surface area contributed by atoms with Gasteiger partial charge in [-0.3, -0.25) is 24.0 Å². The van der Waals surface area contributed by atoms with Crippen LogP contribution in [0.25, 0.3) is 11.1 Å². The maximum Gasteiger partial charge on any atom is 0.258 e. The summed E-state index contributed by atoms with van der Waals surface area (Å²) in [6, 6.07) is 5.06. The van der Waals surface area contributed by atoms with Crippen LogP contribution in [0.15, 0.2) is 36.4 Å². The lowest BCUT2D eigenvalue weighted by Gasteiger charge is -2.40. The van der Waals surface area contributed by atoms with Gasteiger partial charge in [-0.05, 0) is 74.2 Å². The number of rotatable bonds is 24. The molecule has 2 aliphatic heterocycles. The number of aliphatic hydroxyl groups is 3. The lowest BCUT2D eigenvalue weighted by Crippen LogP contribution is -2.63. The van der Waals surface area contributed by atoms with Crippen molar-refractivity contribution in [2.45, 2.75) is 145 Å². The highest BCUT2D eigenvalue weighted by Gasteiger charge is 2.44. The zero-order chi connectivity index (χ0) is 49.8. The zero-order valence-corrected chi connectivity index (χ0v) is 39.2. The van der Waals surface area contributed by atoms with Gasteiger partial charge in [-0.25, -0.2) is 0 Å². The summed E-state index contributed by atoms with van der Waals surface area (Å²) in [5.41, 5.74) is 19.0. The molecule has 1 unspecified atom stereocenters. The number of carbonyl (C=O) groups excluding carboxylic acids is 5. The largest absolute Gasteiger partial charge is 0.507 e. The Hall–Kier alpha value is -5.44. The van der Waals surface area contributed by atoms with Gasteiger partial charge in [-0.1, -0.05) is 64.0 Å². The number of unbranched alkanes of at least 4 members (excludes halogenated alkanes) is 8. The number of benzene rings is 2. The Morgan fingerprint density at radius 2 is 1.66 bits per heavy atom. The number of ether oxygens (including phenoxy) is 2. The second-order valence-electron chi connectivity index (χ2n) is 17.4. The van der Waals surface area contributed by atoms with E-state index in [9.17, 15) is 44.4 Å². The third kappa shape index (κ3) is 15.8. The SMILES string of the molecule is CCCCCCCCCCNCCC(=O)N[C@@H](CCCCN)C(=O)N(C)[C@@H]1C(=O)N[C@@H](N)C(=O)N[C@H](C(=O)NCC#N)Cc2ccc(O)c(c2)-c2cc1ccc2OC1O[C@H](CO)[C@@H](O)[C@H](O)[C@H]1N. The molecule has 1 saturated heterocycles. The Morgan fingerprint density at radius 1 is 0.941 bits per heavy atom. The summed E-state index contributed by atoms with van der Waals surface area (Å²) in [5, 5.41) is 65.1. The molecule has 68 heavy (non-hydrogen) atoms. The van der Waals surface area contributed by atoms with Crippen LogP contribution in [0, 0.1) is 11.3 Å². The van der Waals surface area contributed by atoms with Crippen LogP contribution in [-0.2, 0) is 35.1 Å². The highest BCUT2D eigenvalue weighted by atomic mass is 16.7. The standard InChI is InChI=1S/C47H72N10O11/c1-3-4-5-6-7-8-9-12-21-52-22-18-37(60)54-32(13-10-11-19-48)46(66)57(2)39-29-15-17-35(67-47-38(50)41(62)40(61)36(27-58)68-47)31(26-29)30-24-28(14-16-34(30)59)25-33(43(63)53-23-20-49)55-45(65)42(51)56-44(39)64/h14-17,24,26,32-33,36,38-42,47,52,58-59,61-62H,3-13,18-19,21-23,25,27,48,50-51H2,1-2H3,(H,53,63)(H,54,60)(H,55,65)(H,56,64)/t32-,33-,36+,38+,39-,40+,41+,42+,47?/m0/s1. The van der Waals surface area contributed by atoms with E-state index in [1.807, 2.05) is 0 Å². The molecule has 21 heteroatoms. The Kier molecular flexibility index (Phi) is 22.8. The van der Waals surface area contributed by atoms with Crippen LogP contribution >= 0.6 is 0 Å². The van der Waals surface area contributed by atoms with Gasteiger partial charge in [-0.2, -0.15) is 5.26 Å². The van der Waals surface area contributed by atoms with E-state index < -0.39 is 91.1 Å². The van der Waals surface area contributed by atoms with Crippen LogP contribution < -0.4 is 48.5 Å². The van der Waals surface area contributed by atoms with Gasteiger partial charge in [0.1, 0.15) is 54.5 Å². The number of hydrogen-bond acceptors (Lipinski definition) is 16. The Balaban J connectivity index is 1.72. The fourth-order valence-electron chi connectivity index (χ4n) is 8.20. The number of nitriles is 1. The van der Waals surface area contributed by atoms with Gasteiger partial charge >= 0.3 is 0 Å². The highest BCUT2D eigenvalue weighted by molar-refractivity contribution is 5.96. The number of hydrogen-bond donors (Lipinski definition) is 12. The number of amides is 5. The number of phenols is 1. The lowest BCUT2D eigenvalue weighted by molar-refractivity contribution is -0.239. The Labute approximate surface area is 397 Å². The molecule has 9 atom stereocenters. The smallest absolute Gasteiger partial charge is 0.258 e. The van der Waals surface area contributed by atoms with Gasteiger partial charge < -0.3 is 78.6 Å². The van der Waals surface area contributed by atoms with Crippen LogP contribution in [0.3, 0.4) is 0 Å². The van der Waals surface area contributed by atoms with Crippen molar-refractivity contribution < 1.29 is 53.9 Å². The van der Waals surface area contributed by atoms with Crippen LogP contribution in [0.4, 0.5) is 0 Å². The second kappa shape index (κ2) is 28.1. The number of nitrogens with one attached hydrogen (secondary N) is 5. The van der Waals surface area contributed by atoms with Crippen molar-refractivity contribution in [1.82, 2.24) is 31.5 Å². The van der Waals surface area contributed by atoms with E-state index in [1.54, 1.807) is 6.07 Å². The number of aliphatic hydroxyl groups excluding tert-OH is 3. The summed E-state index contributed by atoms with van der Waals surface area (Å²) < 4.78 is 12.0. The summed E-state index contributed by atoms with van der Waals surface area (Å²) in [6.45, 7) is 2.58. The van der Waals surface area contributed by atoms with E-state index in [0.717, 1.165) is 30.7 Å². The van der Waals surface area contributed by atoms with Crippen molar-refractivity contribution in [3.05, 3.63) is 47.5 Å². The van der Waals surface area contributed by atoms with Crippen LogP contribution in [-0.4, -0.2) is 144 Å².